The predicted octanol–water partition coefficient (Wildman–Crippen LogP) is 4.28. The average Bonchev–Trinajstić information content (AvgIpc) is 3.01. The molecule has 0 spiro atoms. The fourth-order valence-electron chi connectivity index (χ4n) is 3.15. The molecule has 0 unspecified atom stereocenters. The van der Waals surface area contributed by atoms with Crippen LogP contribution in [0.15, 0.2) is 48.5 Å². The standard InChI is InChI=1S/C21H18ClN3O5/c1-12-9-17(13(2)24(12)16-6-4-15(22)5-7-16)20(26)11-30-21(27)14-3-8-18(23)19(10-14)25(28)29/h3-10H,11,23H2,1-2H3. The fraction of sp³-hybridized carbons (Fsp3) is 0.143. The number of nitrogen functional groups attached to an aromatic ring is 1. The number of rotatable bonds is 6. The Labute approximate surface area is 177 Å². The molecule has 0 aliphatic rings. The SMILES string of the molecule is Cc1cc(C(=O)COC(=O)c2ccc(N)c([N+](=O)[O-])c2)c(C)n1-c1ccc(Cl)cc1. The zero-order chi connectivity index (χ0) is 22.0. The first-order chi connectivity index (χ1) is 14.2. The molecule has 0 bridgehead atoms. The molecule has 0 fully saturated rings. The van der Waals surface area contributed by atoms with Gasteiger partial charge in [0.2, 0.25) is 5.78 Å². The number of carbonyl (C=O) groups is 2. The number of aromatic nitrogens is 1. The third-order valence-corrected chi connectivity index (χ3v) is 4.87. The molecule has 0 saturated carbocycles. The molecule has 30 heavy (non-hydrogen) atoms. The first-order valence-electron chi connectivity index (χ1n) is 8.88. The molecule has 2 aromatic carbocycles. The van der Waals surface area contributed by atoms with Crippen LogP contribution in [0.3, 0.4) is 0 Å². The molecule has 0 atom stereocenters. The van der Waals surface area contributed by atoms with Gasteiger partial charge in [0.05, 0.1) is 10.5 Å². The van der Waals surface area contributed by atoms with Crippen molar-refractivity contribution in [3.8, 4) is 5.69 Å². The molecule has 8 nitrogen and oxygen atoms in total. The van der Waals surface area contributed by atoms with Gasteiger partial charge in [-0.2, -0.15) is 0 Å². The normalized spacial score (nSPS) is 10.6. The summed E-state index contributed by atoms with van der Waals surface area (Å²) in [5, 5.41) is 11.6. The second-order valence-electron chi connectivity index (χ2n) is 6.63. The number of halogens is 1. The van der Waals surface area contributed by atoms with E-state index in [4.69, 9.17) is 22.1 Å². The molecule has 0 aliphatic heterocycles. The molecule has 154 valence electrons. The smallest absolute Gasteiger partial charge is 0.338 e. The number of hydrogen-bond acceptors (Lipinski definition) is 6. The third-order valence-electron chi connectivity index (χ3n) is 4.61. The molecule has 3 rings (SSSR count). The topological polar surface area (TPSA) is 117 Å². The Morgan fingerprint density at radius 3 is 2.43 bits per heavy atom. The van der Waals surface area contributed by atoms with Gasteiger partial charge in [0.25, 0.3) is 5.69 Å². The van der Waals surface area contributed by atoms with Crippen molar-refractivity contribution in [2.45, 2.75) is 13.8 Å². The Balaban J connectivity index is 1.76. The summed E-state index contributed by atoms with van der Waals surface area (Å²) in [6.45, 7) is 3.15. The molecule has 1 heterocycles. The number of nitrogens with zero attached hydrogens (tertiary/aromatic N) is 2. The number of nitrogens with two attached hydrogens (primary N) is 1. The van der Waals surface area contributed by atoms with Gasteiger partial charge in [-0.25, -0.2) is 4.79 Å². The highest BCUT2D eigenvalue weighted by Gasteiger charge is 2.20. The van der Waals surface area contributed by atoms with Crippen molar-refractivity contribution in [2.24, 2.45) is 0 Å². The van der Waals surface area contributed by atoms with E-state index < -0.39 is 23.2 Å². The lowest BCUT2D eigenvalue weighted by molar-refractivity contribution is -0.383. The number of nitro groups is 1. The van der Waals surface area contributed by atoms with Gasteiger partial charge in [-0.05, 0) is 56.3 Å². The van der Waals surface area contributed by atoms with E-state index >= 15 is 0 Å². The minimum absolute atomic E-state index is 0.0599. The highest BCUT2D eigenvalue weighted by atomic mass is 35.5. The van der Waals surface area contributed by atoms with Crippen LogP contribution in [0.1, 0.15) is 32.1 Å². The molecule has 1 aromatic heterocycles. The summed E-state index contributed by atoms with van der Waals surface area (Å²) >= 11 is 5.94. The minimum atomic E-state index is -0.849. The van der Waals surface area contributed by atoms with Gasteiger partial charge in [-0.15, -0.1) is 0 Å². The molecule has 0 saturated heterocycles. The van der Waals surface area contributed by atoms with Crippen LogP contribution in [0.5, 0.6) is 0 Å². The summed E-state index contributed by atoms with van der Waals surface area (Å²) in [6, 6.07) is 12.5. The van der Waals surface area contributed by atoms with Gasteiger partial charge in [-0.1, -0.05) is 11.6 Å². The number of nitro benzene ring substituents is 1. The lowest BCUT2D eigenvalue weighted by Gasteiger charge is -2.10. The zero-order valence-electron chi connectivity index (χ0n) is 16.2. The summed E-state index contributed by atoms with van der Waals surface area (Å²) < 4.78 is 6.96. The lowest BCUT2D eigenvalue weighted by Crippen LogP contribution is -2.15. The first kappa shape index (κ1) is 21.1. The number of ether oxygens (including phenoxy) is 1. The zero-order valence-corrected chi connectivity index (χ0v) is 17.0. The molecule has 3 aromatic rings. The second-order valence-corrected chi connectivity index (χ2v) is 7.06. The summed E-state index contributed by atoms with van der Waals surface area (Å²) in [5.74, 6) is -1.24. The number of Topliss-reactive ketones (excluding diaryl/α,β-unsaturated/α-hetero) is 1. The number of hydrogen-bond donors (Lipinski definition) is 1. The molecular weight excluding hydrogens is 410 g/mol. The van der Waals surface area contributed by atoms with Gasteiger partial charge in [-0.3, -0.25) is 14.9 Å². The van der Waals surface area contributed by atoms with Crippen molar-refractivity contribution in [2.75, 3.05) is 12.3 Å². The van der Waals surface area contributed by atoms with Crippen LogP contribution in [-0.4, -0.2) is 27.8 Å². The summed E-state index contributed by atoms with van der Waals surface area (Å²) in [6.07, 6.45) is 0. The maximum atomic E-state index is 12.6. The summed E-state index contributed by atoms with van der Waals surface area (Å²) in [4.78, 5) is 35.1. The van der Waals surface area contributed by atoms with E-state index in [1.54, 1.807) is 25.1 Å². The molecule has 0 aliphatic carbocycles. The van der Waals surface area contributed by atoms with Crippen molar-refractivity contribution in [3.05, 3.63) is 86.2 Å². The highest BCUT2D eigenvalue weighted by Crippen LogP contribution is 2.24. The predicted molar refractivity (Wildman–Crippen MR) is 112 cm³/mol. The van der Waals surface area contributed by atoms with E-state index in [2.05, 4.69) is 0 Å². The average molecular weight is 428 g/mol. The number of aryl methyl sites for hydroxylation is 1. The molecule has 0 radical (unpaired) electrons. The van der Waals surface area contributed by atoms with Gasteiger partial charge in [0.15, 0.2) is 6.61 Å². The molecule has 2 N–H and O–H groups in total. The van der Waals surface area contributed by atoms with E-state index in [0.717, 1.165) is 17.4 Å². The van der Waals surface area contributed by atoms with Crippen molar-refractivity contribution in [1.82, 2.24) is 4.57 Å². The summed E-state index contributed by atoms with van der Waals surface area (Å²) in [5.41, 5.74) is 7.78. The Morgan fingerprint density at radius 2 is 1.80 bits per heavy atom. The molecule has 0 amide bonds. The first-order valence-corrected chi connectivity index (χ1v) is 9.26. The van der Waals surface area contributed by atoms with Crippen LogP contribution in [0, 0.1) is 24.0 Å². The number of ketones is 1. The van der Waals surface area contributed by atoms with Crippen LogP contribution in [-0.2, 0) is 4.74 Å². The Hall–Kier alpha value is -3.65. The van der Waals surface area contributed by atoms with E-state index in [9.17, 15) is 19.7 Å². The van der Waals surface area contributed by atoms with Gasteiger partial charge in [0.1, 0.15) is 5.69 Å². The van der Waals surface area contributed by atoms with Crippen LogP contribution in [0.25, 0.3) is 5.69 Å². The largest absolute Gasteiger partial charge is 0.454 e. The number of carbonyl (C=O) groups excluding carboxylic acids is 2. The van der Waals surface area contributed by atoms with E-state index in [1.165, 1.54) is 12.1 Å². The molecular formula is C21H18ClN3O5. The number of anilines is 1. The Morgan fingerprint density at radius 1 is 1.13 bits per heavy atom. The van der Waals surface area contributed by atoms with E-state index in [0.29, 0.717) is 16.3 Å². The third kappa shape index (κ3) is 4.18. The monoisotopic (exact) mass is 427 g/mol. The van der Waals surface area contributed by atoms with Crippen molar-refractivity contribution < 1.29 is 19.2 Å². The van der Waals surface area contributed by atoms with Crippen LogP contribution < -0.4 is 5.73 Å². The minimum Gasteiger partial charge on any atom is -0.454 e. The Kier molecular flexibility index (Phi) is 5.89. The highest BCUT2D eigenvalue weighted by molar-refractivity contribution is 6.30. The summed E-state index contributed by atoms with van der Waals surface area (Å²) in [7, 11) is 0. The molecule has 9 heteroatoms. The number of benzene rings is 2. The number of esters is 1. The van der Waals surface area contributed by atoms with Gasteiger partial charge < -0.3 is 15.0 Å². The lowest BCUT2D eigenvalue weighted by atomic mass is 10.1. The maximum Gasteiger partial charge on any atom is 0.338 e. The van der Waals surface area contributed by atoms with Crippen molar-refractivity contribution >= 4 is 34.7 Å². The van der Waals surface area contributed by atoms with Gasteiger partial charge >= 0.3 is 5.97 Å². The van der Waals surface area contributed by atoms with E-state index in [1.807, 2.05) is 23.6 Å². The van der Waals surface area contributed by atoms with Crippen LogP contribution in [0.4, 0.5) is 11.4 Å². The second kappa shape index (κ2) is 8.38. The van der Waals surface area contributed by atoms with Crippen molar-refractivity contribution in [1.29, 1.82) is 0 Å². The van der Waals surface area contributed by atoms with E-state index in [-0.39, 0.29) is 17.0 Å². The maximum absolute atomic E-state index is 12.6. The fourth-order valence-corrected chi connectivity index (χ4v) is 3.28. The van der Waals surface area contributed by atoms with Crippen LogP contribution >= 0.6 is 11.6 Å². The quantitative estimate of drug-likeness (QED) is 0.206. The van der Waals surface area contributed by atoms with Gasteiger partial charge in [0, 0.05) is 33.7 Å². The van der Waals surface area contributed by atoms with Crippen molar-refractivity contribution in [3.63, 3.8) is 0 Å². The Bertz CT molecular complexity index is 1150. The van der Waals surface area contributed by atoms with Crippen LogP contribution in [0.2, 0.25) is 5.02 Å².